The SMILES string of the molecule is CN(CCO)S(=O)(=O)c1cc(S(C)(=O)=O)ccc1N. The Hall–Kier alpha value is -1.16. The average Bonchev–Trinajstić information content (AvgIpc) is 2.28. The summed E-state index contributed by atoms with van der Waals surface area (Å²) in [6, 6.07) is 3.50. The molecule has 0 aliphatic heterocycles. The van der Waals surface area contributed by atoms with E-state index in [-0.39, 0.29) is 28.6 Å². The Balaban J connectivity index is 3.43. The van der Waals surface area contributed by atoms with Crippen molar-refractivity contribution in [1.82, 2.24) is 4.31 Å². The first-order chi connectivity index (χ1) is 8.60. The molecule has 0 aliphatic rings. The molecular weight excluding hydrogens is 292 g/mol. The van der Waals surface area contributed by atoms with Crippen LogP contribution in [0, 0.1) is 0 Å². The van der Waals surface area contributed by atoms with Gasteiger partial charge in [-0.3, -0.25) is 0 Å². The third-order valence-corrected chi connectivity index (χ3v) is 5.54. The zero-order valence-corrected chi connectivity index (χ0v) is 12.2. The van der Waals surface area contributed by atoms with Gasteiger partial charge in [0.1, 0.15) is 4.90 Å². The minimum atomic E-state index is -3.93. The number of aliphatic hydroxyl groups is 1. The van der Waals surface area contributed by atoms with E-state index in [0.717, 1.165) is 16.6 Å². The molecule has 0 heterocycles. The molecule has 1 aromatic rings. The van der Waals surface area contributed by atoms with E-state index < -0.39 is 19.9 Å². The van der Waals surface area contributed by atoms with Crippen molar-refractivity contribution in [3.8, 4) is 0 Å². The summed E-state index contributed by atoms with van der Waals surface area (Å²) in [6.45, 7) is -0.452. The number of aliphatic hydroxyl groups excluding tert-OH is 1. The summed E-state index contributed by atoms with van der Waals surface area (Å²) >= 11 is 0. The molecule has 0 aromatic heterocycles. The number of sulfone groups is 1. The lowest BCUT2D eigenvalue weighted by atomic mass is 10.3. The first kappa shape index (κ1) is 15.9. The van der Waals surface area contributed by atoms with Gasteiger partial charge in [0.2, 0.25) is 10.0 Å². The molecule has 0 atom stereocenters. The molecule has 108 valence electrons. The summed E-state index contributed by atoms with van der Waals surface area (Å²) in [7, 11) is -6.18. The first-order valence-corrected chi connectivity index (χ1v) is 8.60. The van der Waals surface area contributed by atoms with Crippen LogP contribution in [0.15, 0.2) is 28.0 Å². The van der Waals surface area contributed by atoms with Gasteiger partial charge in [-0.2, -0.15) is 4.31 Å². The highest BCUT2D eigenvalue weighted by molar-refractivity contribution is 7.91. The lowest BCUT2D eigenvalue weighted by molar-refractivity contribution is 0.266. The second-order valence-electron chi connectivity index (χ2n) is 4.02. The van der Waals surface area contributed by atoms with Gasteiger partial charge in [0, 0.05) is 19.8 Å². The Morgan fingerprint density at radius 1 is 1.26 bits per heavy atom. The summed E-state index contributed by atoms with van der Waals surface area (Å²) in [5, 5.41) is 8.77. The molecule has 0 bridgehead atoms. The molecule has 0 amide bonds. The number of nitrogens with zero attached hydrogens (tertiary/aromatic N) is 1. The number of sulfonamides is 1. The van der Waals surface area contributed by atoms with Gasteiger partial charge in [-0.15, -0.1) is 0 Å². The molecule has 0 fully saturated rings. The van der Waals surface area contributed by atoms with Crippen LogP contribution in [0.4, 0.5) is 5.69 Å². The molecule has 0 aliphatic carbocycles. The minimum Gasteiger partial charge on any atom is -0.398 e. The van der Waals surface area contributed by atoms with Crippen LogP contribution in [-0.4, -0.2) is 52.7 Å². The number of nitrogen functional groups attached to an aromatic ring is 1. The summed E-state index contributed by atoms with van der Waals surface area (Å²) in [6.07, 6.45) is 0.979. The maximum atomic E-state index is 12.2. The summed E-state index contributed by atoms with van der Waals surface area (Å²) in [5.41, 5.74) is 5.55. The molecule has 7 nitrogen and oxygen atoms in total. The van der Waals surface area contributed by atoms with Crippen molar-refractivity contribution in [3.05, 3.63) is 18.2 Å². The lowest BCUT2D eigenvalue weighted by Gasteiger charge is -2.17. The highest BCUT2D eigenvalue weighted by Crippen LogP contribution is 2.24. The zero-order valence-electron chi connectivity index (χ0n) is 10.6. The fourth-order valence-corrected chi connectivity index (χ4v) is 3.42. The molecule has 3 N–H and O–H groups in total. The third-order valence-electron chi connectivity index (χ3n) is 2.52. The van der Waals surface area contributed by atoms with Gasteiger partial charge in [-0.1, -0.05) is 0 Å². The predicted octanol–water partition coefficient (Wildman–Crippen LogP) is -0.715. The highest BCUT2D eigenvalue weighted by atomic mass is 32.2. The Bertz CT molecular complexity index is 667. The molecule has 0 saturated heterocycles. The van der Waals surface area contributed by atoms with E-state index in [1.165, 1.54) is 19.2 Å². The van der Waals surface area contributed by atoms with E-state index in [2.05, 4.69) is 0 Å². The van der Waals surface area contributed by atoms with Gasteiger partial charge in [-0.05, 0) is 18.2 Å². The molecule has 0 radical (unpaired) electrons. The molecule has 19 heavy (non-hydrogen) atoms. The van der Waals surface area contributed by atoms with Crippen molar-refractivity contribution in [1.29, 1.82) is 0 Å². The van der Waals surface area contributed by atoms with Crippen LogP contribution in [0.5, 0.6) is 0 Å². The van der Waals surface area contributed by atoms with Crippen LogP contribution in [0.1, 0.15) is 0 Å². The van der Waals surface area contributed by atoms with Crippen LogP contribution in [0.25, 0.3) is 0 Å². The van der Waals surface area contributed by atoms with Crippen LogP contribution in [0.3, 0.4) is 0 Å². The van der Waals surface area contributed by atoms with E-state index >= 15 is 0 Å². The smallest absolute Gasteiger partial charge is 0.244 e. The van der Waals surface area contributed by atoms with E-state index in [4.69, 9.17) is 10.8 Å². The van der Waals surface area contributed by atoms with E-state index in [1.807, 2.05) is 0 Å². The minimum absolute atomic E-state index is 0.0443. The fourth-order valence-electron chi connectivity index (χ4n) is 1.40. The van der Waals surface area contributed by atoms with Crippen molar-refractivity contribution in [3.63, 3.8) is 0 Å². The number of hydrogen-bond acceptors (Lipinski definition) is 6. The van der Waals surface area contributed by atoms with E-state index in [9.17, 15) is 16.8 Å². The average molecular weight is 308 g/mol. The van der Waals surface area contributed by atoms with Gasteiger partial charge in [0.05, 0.1) is 17.2 Å². The van der Waals surface area contributed by atoms with Crippen LogP contribution in [-0.2, 0) is 19.9 Å². The predicted molar refractivity (Wildman–Crippen MR) is 70.9 cm³/mol. The normalized spacial score (nSPS) is 12.8. The van der Waals surface area contributed by atoms with E-state index in [0.29, 0.717) is 0 Å². The number of likely N-dealkylation sites (N-methyl/N-ethyl adjacent to an activating group) is 1. The Kier molecular flexibility index (Phi) is 4.56. The molecule has 9 heteroatoms. The van der Waals surface area contributed by atoms with Gasteiger partial charge < -0.3 is 10.8 Å². The molecule has 0 spiro atoms. The fraction of sp³-hybridized carbons (Fsp3) is 0.400. The molecule has 1 aromatic carbocycles. The number of hydrogen-bond donors (Lipinski definition) is 2. The molecular formula is C10H16N2O5S2. The quantitative estimate of drug-likeness (QED) is 0.693. The summed E-state index contributed by atoms with van der Waals surface area (Å²) in [5.74, 6) is 0. The lowest BCUT2D eigenvalue weighted by Crippen LogP contribution is -2.30. The van der Waals surface area contributed by atoms with Gasteiger partial charge >= 0.3 is 0 Å². The van der Waals surface area contributed by atoms with Crippen molar-refractivity contribution >= 4 is 25.5 Å². The Morgan fingerprint density at radius 2 is 1.84 bits per heavy atom. The molecule has 0 saturated carbocycles. The first-order valence-electron chi connectivity index (χ1n) is 5.27. The number of benzene rings is 1. The van der Waals surface area contributed by atoms with Crippen molar-refractivity contribution in [2.75, 3.05) is 32.2 Å². The van der Waals surface area contributed by atoms with Gasteiger partial charge in [0.15, 0.2) is 9.84 Å². The van der Waals surface area contributed by atoms with Crippen molar-refractivity contribution in [2.45, 2.75) is 9.79 Å². The Labute approximate surface area is 112 Å². The van der Waals surface area contributed by atoms with Gasteiger partial charge in [-0.25, -0.2) is 16.8 Å². The highest BCUT2D eigenvalue weighted by Gasteiger charge is 2.24. The number of nitrogens with two attached hydrogens (primary N) is 1. The number of rotatable bonds is 5. The zero-order chi connectivity index (χ0) is 14.8. The monoisotopic (exact) mass is 308 g/mol. The summed E-state index contributed by atoms with van der Waals surface area (Å²) < 4.78 is 48.1. The van der Waals surface area contributed by atoms with Crippen molar-refractivity contribution in [2.24, 2.45) is 0 Å². The largest absolute Gasteiger partial charge is 0.398 e. The van der Waals surface area contributed by atoms with E-state index in [1.54, 1.807) is 0 Å². The Morgan fingerprint density at radius 3 is 2.32 bits per heavy atom. The van der Waals surface area contributed by atoms with Crippen molar-refractivity contribution < 1.29 is 21.9 Å². The standard InChI is InChI=1S/C10H16N2O5S2/c1-12(5-6-13)19(16,17)10-7-8(18(2,14)15)3-4-9(10)11/h3-4,7,13H,5-6,11H2,1-2H3. The van der Waals surface area contributed by atoms with Gasteiger partial charge in [0.25, 0.3) is 0 Å². The second kappa shape index (κ2) is 5.45. The van der Waals surface area contributed by atoms with Crippen LogP contribution < -0.4 is 5.73 Å². The summed E-state index contributed by atoms with van der Waals surface area (Å²) in [4.78, 5) is -0.413. The topological polar surface area (TPSA) is 118 Å². The van der Waals surface area contributed by atoms with Crippen LogP contribution in [0.2, 0.25) is 0 Å². The second-order valence-corrected chi connectivity index (χ2v) is 8.05. The van der Waals surface area contributed by atoms with Crippen LogP contribution >= 0.6 is 0 Å². The maximum absolute atomic E-state index is 12.2. The number of anilines is 1. The molecule has 1 rings (SSSR count). The maximum Gasteiger partial charge on any atom is 0.244 e. The third kappa shape index (κ3) is 3.44. The molecule has 0 unspecified atom stereocenters.